The Balaban J connectivity index is 1.58. The molecule has 0 spiro atoms. The Labute approximate surface area is 189 Å². The van der Waals surface area contributed by atoms with Gasteiger partial charge in [-0.2, -0.15) is 0 Å². The molecule has 1 fully saturated rings. The molecule has 0 atom stereocenters. The minimum absolute atomic E-state index is 0.0236. The van der Waals surface area contributed by atoms with Crippen molar-refractivity contribution in [1.29, 1.82) is 0 Å². The highest BCUT2D eigenvalue weighted by molar-refractivity contribution is 8.18. The van der Waals surface area contributed by atoms with E-state index < -0.39 is 32.9 Å². The predicted molar refractivity (Wildman–Crippen MR) is 119 cm³/mol. The van der Waals surface area contributed by atoms with Crippen LogP contribution in [0.1, 0.15) is 15.9 Å². The molecule has 3 amide bonds. The van der Waals surface area contributed by atoms with Gasteiger partial charge in [-0.1, -0.05) is 12.1 Å². The maximum atomic E-state index is 13.0. The van der Waals surface area contributed by atoms with Crippen molar-refractivity contribution < 1.29 is 27.2 Å². The van der Waals surface area contributed by atoms with Gasteiger partial charge in [0.15, 0.2) is 0 Å². The van der Waals surface area contributed by atoms with Crippen LogP contribution in [0.5, 0.6) is 0 Å². The molecule has 3 rings (SSSR count). The van der Waals surface area contributed by atoms with Gasteiger partial charge in [-0.15, -0.1) is 0 Å². The number of amides is 3. The van der Waals surface area contributed by atoms with E-state index in [1.807, 2.05) is 0 Å². The lowest BCUT2D eigenvalue weighted by Gasteiger charge is -2.13. The minimum atomic E-state index is -3.60. The Morgan fingerprint density at radius 1 is 1.09 bits per heavy atom. The number of halogens is 1. The number of thioether (sulfide) groups is 1. The van der Waals surface area contributed by atoms with E-state index in [2.05, 4.69) is 5.32 Å². The Kier molecular flexibility index (Phi) is 7.12. The highest BCUT2D eigenvalue weighted by Crippen LogP contribution is 2.31. The summed E-state index contributed by atoms with van der Waals surface area (Å²) in [6.07, 6.45) is 1.51. The van der Waals surface area contributed by atoms with Crippen LogP contribution in [-0.4, -0.2) is 61.9 Å². The Morgan fingerprint density at radius 3 is 2.31 bits per heavy atom. The summed E-state index contributed by atoms with van der Waals surface area (Å²) in [6, 6.07) is 11.0. The number of benzene rings is 2. The van der Waals surface area contributed by atoms with Crippen molar-refractivity contribution in [1.82, 2.24) is 14.5 Å². The summed E-state index contributed by atoms with van der Waals surface area (Å²) in [5.41, 5.74) is 0.831. The lowest BCUT2D eigenvalue weighted by atomic mass is 10.2. The first-order valence-electron chi connectivity index (χ1n) is 9.41. The molecule has 8 nitrogen and oxygen atoms in total. The first-order chi connectivity index (χ1) is 15.1. The molecular weight excluding hydrogens is 457 g/mol. The van der Waals surface area contributed by atoms with Gasteiger partial charge in [-0.3, -0.25) is 19.3 Å². The average Bonchev–Trinajstić information content (AvgIpc) is 3.02. The van der Waals surface area contributed by atoms with Gasteiger partial charge in [0, 0.05) is 32.7 Å². The van der Waals surface area contributed by atoms with E-state index in [4.69, 9.17) is 0 Å². The van der Waals surface area contributed by atoms with E-state index >= 15 is 0 Å². The summed E-state index contributed by atoms with van der Waals surface area (Å²) in [5, 5.41) is 2.14. The SMILES string of the molecule is CN(C)S(=O)(=O)c1ccc(C(=O)NCCN2C(=O)S/C(=C/c3ccc(F)cc3)C2=O)cc1. The second-order valence-electron chi connectivity index (χ2n) is 6.95. The number of hydrogen-bond donors (Lipinski definition) is 1. The largest absolute Gasteiger partial charge is 0.350 e. The van der Waals surface area contributed by atoms with Crippen LogP contribution >= 0.6 is 11.8 Å². The molecule has 1 N–H and O–H groups in total. The lowest BCUT2D eigenvalue weighted by Crippen LogP contribution is -2.37. The van der Waals surface area contributed by atoms with E-state index in [0.29, 0.717) is 5.56 Å². The van der Waals surface area contributed by atoms with Crippen LogP contribution in [0.4, 0.5) is 9.18 Å². The van der Waals surface area contributed by atoms with Crippen molar-refractivity contribution in [2.45, 2.75) is 4.90 Å². The monoisotopic (exact) mass is 477 g/mol. The molecule has 2 aromatic carbocycles. The standard InChI is InChI=1S/C21H20FN3O5S2/c1-24(2)32(29,30)17-9-5-15(6-10-17)19(26)23-11-12-25-20(27)18(31-21(25)28)13-14-3-7-16(22)8-4-14/h3-10,13H,11-12H2,1-2H3,(H,23,26)/b18-13+. The Bertz CT molecular complexity index is 1180. The van der Waals surface area contributed by atoms with Crippen LogP contribution in [0.15, 0.2) is 58.3 Å². The van der Waals surface area contributed by atoms with Crippen molar-refractivity contribution in [3.8, 4) is 0 Å². The first kappa shape index (κ1) is 23.6. The predicted octanol–water partition coefficient (Wildman–Crippen LogP) is 2.54. The van der Waals surface area contributed by atoms with Gasteiger partial charge >= 0.3 is 0 Å². The molecule has 1 aliphatic heterocycles. The topological polar surface area (TPSA) is 104 Å². The normalized spacial score (nSPS) is 15.6. The fraction of sp³-hybridized carbons (Fsp3) is 0.190. The molecule has 1 saturated heterocycles. The highest BCUT2D eigenvalue weighted by atomic mass is 32.2. The summed E-state index contributed by atoms with van der Waals surface area (Å²) in [6.45, 7) is 0.00268. The third kappa shape index (κ3) is 5.23. The summed E-state index contributed by atoms with van der Waals surface area (Å²) in [5.74, 6) is -1.36. The zero-order chi connectivity index (χ0) is 23.5. The molecule has 0 bridgehead atoms. The molecule has 168 valence electrons. The van der Waals surface area contributed by atoms with E-state index in [9.17, 15) is 27.2 Å². The molecule has 0 aliphatic carbocycles. The van der Waals surface area contributed by atoms with Crippen molar-refractivity contribution in [2.24, 2.45) is 0 Å². The molecule has 1 aliphatic rings. The number of sulfonamides is 1. The summed E-state index contributed by atoms with van der Waals surface area (Å²) < 4.78 is 38.3. The summed E-state index contributed by atoms with van der Waals surface area (Å²) in [7, 11) is -0.772. The van der Waals surface area contributed by atoms with E-state index in [0.717, 1.165) is 21.0 Å². The van der Waals surface area contributed by atoms with Crippen LogP contribution in [0.2, 0.25) is 0 Å². The second-order valence-corrected chi connectivity index (χ2v) is 10.1. The number of carbonyl (C=O) groups excluding carboxylic acids is 3. The van der Waals surface area contributed by atoms with E-state index in [1.54, 1.807) is 0 Å². The number of hydrogen-bond acceptors (Lipinski definition) is 6. The van der Waals surface area contributed by atoms with Crippen molar-refractivity contribution >= 4 is 44.9 Å². The van der Waals surface area contributed by atoms with Crippen molar-refractivity contribution in [3.63, 3.8) is 0 Å². The minimum Gasteiger partial charge on any atom is -0.350 e. The molecule has 0 saturated carbocycles. The number of carbonyl (C=O) groups is 3. The lowest BCUT2D eigenvalue weighted by molar-refractivity contribution is -0.122. The van der Waals surface area contributed by atoms with Gasteiger partial charge < -0.3 is 5.32 Å². The molecule has 11 heteroatoms. The molecule has 0 unspecified atom stereocenters. The molecule has 0 aromatic heterocycles. The van der Waals surface area contributed by atoms with E-state index in [-0.39, 0.29) is 28.5 Å². The number of rotatable bonds is 7. The Hall–Kier alpha value is -3.02. The number of imide groups is 1. The van der Waals surface area contributed by atoms with Crippen LogP contribution in [0, 0.1) is 5.82 Å². The fourth-order valence-corrected chi connectivity index (χ4v) is 4.54. The molecular formula is C21H20FN3O5S2. The number of nitrogens with one attached hydrogen (secondary N) is 1. The van der Waals surface area contributed by atoms with Gasteiger partial charge in [0.05, 0.1) is 9.80 Å². The molecule has 2 aromatic rings. The second kappa shape index (κ2) is 9.63. The maximum Gasteiger partial charge on any atom is 0.293 e. The summed E-state index contributed by atoms with van der Waals surface area (Å²) >= 11 is 0.773. The van der Waals surface area contributed by atoms with Crippen LogP contribution in [0.3, 0.4) is 0 Å². The fourth-order valence-electron chi connectivity index (χ4n) is 2.78. The molecule has 0 radical (unpaired) electrons. The molecule has 1 heterocycles. The molecule has 32 heavy (non-hydrogen) atoms. The third-order valence-electron chi connectivity index (χ3n) is 4.56. The van der Waals surface area contributed by atoms with Gasteiger partial charge in [-0.05, 0) is 59.8 Å². The maximum absolute atomic E-state index is 13.0. The zero-order valence-corrected chi connectivity index (χ0v) is 18.9. The van der Waals surface area contributed by atoms with Crippen LogP contribution in [-0.2, 0) is 14.8 Å². The average molecular weight is 478 g/mol. The van der Waals surface area contributed by atoms with Gasteiger partial charge in [-0.25, -0.2) is 17.1 Å². The van der Waals surface area contributed by atoms with E-state index in [1.165, 1.54) is 68.7 Å². The number of nitrogens with zero attached hydrogens (tertiary/aromatic N) is 2. The smallest absolute Gasteiger partial charge is 0.293 e. The van der Waals surface area contributed by atoms with Gasteiger partial charge in [0.2, 0.25) is 10.0 Å². The first-order valence-corrected chi connectivity index (χ1v) is 11.7. The highest BCUT2D eigenvalue weighted by Gasteiger charge is 2.34. The quantitative estimate of drug-likeness (QED) is 0.615. The van der Waals surface area contributed by atoms with Crippen molar-refractivity contribution in [3.05, 3.63) is 70.4 Å². The van der Waals surface area contributed by atoms with Gasteiger partial charge in [0.1, 0.15) is 5.82 Å². The van der Waals surface area contributed by atoms with Crippen LogP contribution < -0.4 is 5.32 Å². The zero-order valence-electron chi connectivity index (χ0n) is 17.2. The summed E-state index contributed by atoms with van der Waals surface area (Å²) in [4.78, 5) is 38.3. The van der Waals surface area contributed by atoms with Crippen molar-refractivity contribution in [2.75, 3.05) is 27.2 Å². The third-order valence-corrected chi connectivity index (χ3v) is 7.29. The van der Waals surface area contributed by atoms with Gasteiger partial charge in [0.25, 0.3) is 17.1 Å². The Morgan fingerprint density at radius 2 is 1.72 bits per heavy atom. The van der Waals surface area contributed by atoms with Crippen LogP contribution in [0.25, 0.3) is 6.08 Å².